The number of amides is 1. The molecule has 0 unspecified atom stereocenters. The smallest absolute Gasteiger partial charge is 0.224 e. The maximum absolute atomic E-state index is 12.2. The van der Waals surface area contributed by atoms with Crippen LogP contribution in [-0.4, -0.2) is 20.4 Å². The van der Waals surface area contributed by atoms with E-state index in [-0.39, 0.29) is 11.7 Å². The Labute approximate surface area is 134 Å². The summed E-state index contributed by atoms with van der Waals surface area (Å²) in [4.78, 5) is 16.7. The van der Waals surface area contributed by atoms with Gasteiger partial charge < -0.3 is 14.8 Å². The summed E-state index contributed by atoms with van der Waals surface area (Å²) in [6, 6.07) is 11.0. The maximum atomic E-state index is 12.2. The molecule has 1 aromatic carbocycles. The molecule has 0 fully saturated rings. The van der Waals surface area contributed by atoms with E-state index >= 15 is 0 Å². The van der Waals surface area contributed by atoms with Gasteiger partial charge in [-0.1, -0.05) is 12.1 Å². The van der Waals surface area contributed by atoms with Crippen LogP contribution in [0.5, 0.6) is 5.75 Å². The molecule has 0 aliphatic carbocycles. The second kappa shape index (κ2) is 6.12. The molecule has 1 amide bonds. The highest BCUT2D eigenvalue weighted by atomic mass is 16.3. The SMILES string of the molecule is Cc1ccc(O)c(NC(=O)CCc2c(C)nc3ccccn23)c1. The lowest BCUT2D eigenvalue weighted by atomic mass is 10.1. The molecule has 0 radical (unpaired) electrons. The van der Waals surface area contributed by atoms with Crippen LogP contribution in [-0.2, 0) is 11.2 Å². The standard InChI is InChI=1S/C18H19N3O2/c1-12-6-8-16(22)14(11-12)20-18(23)9-7-15-13(2)19-17-5-3-4-10-21(15)17/h3-6,8,10-11,22H,7,9H2,1-2H3,(H,20,23). The number of carbonyl (C=O) groups excluding carboxylic acids is 1. The summed E-state index contributed by atoms with van der Waals surface area (Å²) in [5.74, 6) is -0.0499. The summed E-state index contributed by atoms with van der Waals surface area (Å²) in [6.07, 6.45) is 2.88. The van der Waals surface area contributed by atoms with E-state index in [1.54, 1.807) is 18.2 Å². The number of fused-ring (bicyclic) bond motifs is 1. The number of aromatic nitrogens is 2. The summed E-state index contributed by atoms with van der Waals surface area (Å²) >= 11 is 0. The molecule has 5 heteroatoms. The van der Waals surface area contributed by atoms with Crippen LogP contribution in [0.2, 0.25) is 0 Å². The summed E-state index contributed by atoms with van der Waals surface area (Å²) in [5, 5.41) is 12.6. The highest BCUT2D eigenvalue weighted by molar-refractivity contribution is 5.92. The molecule has 0 saturated carbocycles. The lowest BCUT2D eigenvalue weighted by Crippen LogP contribution is -2.13. The second-order valence-electron chi connectivity index (χ2n) is 5.64. The van der Waals surface area contributed by atoms with Crippen LogP contribution in [0.25, 0.3) is 5.65 Å². The first-order valence-electron chi connectivity index (χ1n) is 7.56. The fourth-order valence-corrected chi connectivity index (χ4v) is 2.66. The zero-order valence-corrected chi connectivity index (χ0v) is 13.2. The highest BCUT2D eigenvalue weighted by Crippen LogP contribution is 2.24. The van der Waals surface area contributed by atoms with Crippen molar-refractivity contribution in [1.82, 2.24) is 9.38 Å². The zero-order chi connectivity index (χ0) is 16.4. The third-order valence-corrected chi connectivity index (χ3v) is 3.84. The van der Waals surface area contributed by atoms with Gasteiger partial charge in [-0.25, -0.2) is 4.98 Å². The van der Waals surface area contributed by atoms with Gasteiger partial charge >= 0.3 is 0 Å². The Hall–Kier alpha value is -2.82. The number of phenols is 1. The van der Waals surface area contributed by atoms with Crippen LogP contribution in [0.3, 0.4) is 0 Å². The van der Waals surface area contributed by atoms with E-state index < -0.39 is 0 Å². The maximum Gasteiger partial charge on any atom is 0.224 e. The van der Waals surface area contributed by atoms with Gasteiger partial charge in [0.1, 0.15) is 11.4 Å². The number of rotatable bonds is 4. The first kappa shape index (κ1) is 15.1. The van der Waals surface area contributed by atoms with E-state index in [0.29, 0.717) is 18.5 Å². The van der Waals surface area contributed by atoms with Crippen molar-refractivity contribution in [2.75, 3.05) is 5.32 Å². The number of benzene rings is 1. The molecule has 2 N–H and O–H groups in total. The van der Waals surface area contributed by atoms with Gasteiger partial charge in [0.05, 0.1) is 11.4 Å². The molecule has 0 aliphatic heterocycles. The molecule has 0 atom stereocenters. The number of carbonyl (C=O) groups is 1. The minimum Gasteiger partial charge on any atom is -0.506 e. The number of hydrogen-bond acceptors (Lipinski definition) is 3. The van der Waals surface area contributed by atoms with Crippen molar-refractivity contribution in [3.8, 4) is 5.75 Å². The molecule has 0 saturated heterocycles. The molecule has 0 aliphatic rings. The van der Waals surface area contributed by atoms with Crippen molar-refractivity contribution >= 4 is 17.2 Å². The van der Waals surface area contributed by atoms with Crippen LogP contribution >= 0.6 is 0 Å². The zero-order valence-electron chi connectivity index (χ0n) is 13.2. The molecule has 3 rings (SSSR count). The number of pyridine rings is 1. The molecular formula is C18H19N3O2. The Kier molecular flexibility index (Phi) is 4.02. The van der Waals surface area contributed by atoms with E-state index in [9.17, 15) is 9.90 Å². The second-order valence-corrected chi connectivity index (χ2v) is 5.64. The van der Waals surface area contributed by atoms with Crippen molar-refractivity contribution in [3.05, 3.63) is 59.5 Å². The predicted octanol–water partition coefficient (Wildman–Crippen LogP) is 3.23. The minimum atomic E-state index is -0.129. The lowest BCUT2D eigenvalue weighted by Gasteiger charge is -2.08. The number of phenolic OH excluding ortho intramolecular Hbond substituents is 1. The molecule has 0 spiro atoms. The molecule has 2 aromatic heterocycles. The molecule has 23 heavy (non-hydrogen) atoms. The number of imidazole rings is 1. The molecule has 2 heterocycles. The average molecular weight is 309 g/mol. The Morgan fingerprint density at radius 1 is 1.26 bits per heavy atom. The van der Waals surface area contributed by atoms with E-state index in [1.165, 1.54) is 0 Å². The molecule has 0 bridgehead atoms. The van der Waals surface area contributed by atoms with Gasteiger partial charge in [-0.2, -0.15) is 0 Å². The lowest BCUT2D eigenvalue weighted by molar-refractivity contribution is -0.116. The number of aryl methyl sites for hydroxylation is 3. The summed E-state index contributed by atoms with van der Waals surface area (Å²) < 4.78 is 2.01. The third-order valence-electron chi connectivity index (χ3n) is 3.84. The summed E-state index contributed by atoms with van der Waals surface area (Å²) in [7, 11) is 0. The normalized spacial score (nSPS) is 10.9. The van der Waals surface area contributed by atoms with Crippen LogP contribution in [0, 0.1) is 13.8 Å². The number of anilines is 1. The van der Waals surface area contributed by atoms with Gasteiger partial charge in [-0.3, -0.25) is 4.79 Å². The highest BCUT2D eigenvalue weighted by Gasteiger charge is 2.11. The Bertz CT molecular complexity index is 868. The van der Waals surface area contributed by atoms with Crippen molar-refractivity contribution < 1.29 is 9.90 Å². The van der Waals surface area contributed by atoms with Crippen molar-refractivity contribution in [2.24, 2.45) is 0 Å². The van der Waals surface area contributed by atoms with Gasteiger partial charge in [0.25, 0.3) is 0 Å². The van der Waals surface area contributed by atoms with Gasteiger partial charge in [0.15, 0.2) is 0 Å². The monoisotopic (exact) mass is 309 g/mol. The van der Waals surface area contributed by atoms with Gasteiger partial charge in [-0.15, -0.1) is 0 Å². The molecule has 118 valence electrons. The van der Waals surface area contributed by atoms with E-state index in [0.717, 1.165) is 22.6 Å². The van der Waals surface area contributed by atoms with Crippen molar-refractivity contribution in [2.45, 2.75) is 26.7 Å². The first-order valence-corrected chi connectivity index (χ1v) is 7.56. The van der Waals surface area contributed by atoms with Gasteiger partial charge in [0.2, 0.25) is 5.91 Å². The number of aromatic hydroxyl groups is 1. The van der Waals surface area contributed by atoms with Crippen molar-refractivity contribution in [1.29, 1.82) is 0 Å². The average Bonchev–Trinajstić information content (AvgIpc) is 2.84. The number of nitrogens with zero attached hydrogens (tertiary/aromatic N) is 2. The van der Waals surface area contributed by atoms with Crippen LogP contribution < -0.4 is 5.32 Å². The molecule has 3 aromatic rings. The van der Waals surface area contributed by atoms with Crippen molar-refractivity contribution in [3.63, 3.8) is 0 Å². The van der Waals surface area contributed by atoms with Crippen LogP contribution in [0.4, 0.5) is 5.69 Å². The first-order chi connectivity index (χ1) is 11.0. The summed E-state index contributed by atoms with van der Waals surface area (Å²) in [6.45, 7) is 3.86. The Morgan fingerprint density at radius 2 is 2.09 bits per heavy atom. The summed E-state index contributed by atoms with van der Waals surface area (Å²) in [5.41, 5.74) is 4.28. The Morgan fingerprint density at radius 3 is 2.91 bits per heavy atom. The minimum absolute atomic E-state index is 0.0786. The number of hydrogen-bond donors (Lipinski definition) is 2. The van der Waals surface area contributed by atoms with E-state index in [2.05, 4.69) is 10.3 Å². The number of nitrogens with one attached hydrogen (secondary N) is 1. The fourth-order valence-electron chi connectivity index (χ4n) is 2.66. The molecular weight excluding hydrogens is 290 g/mol. The van der Waals surface area contributed by atoms with E-state index in [1.807, 2.05) is 42.6 Å². The van der Waals surface area contributed by atoms with Crippen LogP contribution in [0.1, 0.15) is 23.4 Å². The largest absolute Gasteiger partial charge is 0.506 e. The molecule has 5 nitrogen and oxygen atoms in total. The third kappa shape index (κ3) is 3.18. The van der Waals surface area contributed by atoms with Crippen LogP contribution in [0.15, 0.2) is 42.6 Å². The quantitative estimate of drug-likeness (QED) is 0.727. The Balaban J connectivity index is 1.71. The van der Waals surface area contributed by atoms with Gasteiger partial charge in [0, 0.05) is 18.3 Å². The predicted molar refractivity (Wildman–Crippen MR) is 89.7 cm³/mol. The van der Waals surface area contributed by atoms with Gasteiger partial charge in [-0.05, 0) is 50.1 Å². The topological polar surface area (TPSA) is 66.6 Å². The fraction of sp³-hybridized carbons (Fsp3) is 0.222. The van der Waals surface area contributed by atoms with E-state index in [4.69, 9.17) is 0 Å².